The number of allylic oxidation sites excluding steroid dienone is 1. The Kier molecular flexibility index (Phi) is 7.86. The second kappa shape index (κ2) is 13.5. The lowest BCUT2D eigenvalue weighted by atomic mass is 9.70. The van der Waals surface area contributed by atoms with Gasteiger partial charge < -0.3 is 4.90 Å². The van der Waals surface area contributed by atoms with E-state index in [-0.39, 0.29) is 5.41 Å². The number of rotatable bonds is 7. The van der Waals surface area contributed by atoms with Gasteiger partial charge in [0.1, 0.15) is 0 Å². The molecular formula is C56H39N. The van der Waals surface area contributed by atoms with Crippen molar-refractivity contribution in [1.29, 1.82) is 0 Å². The summed E-state index contributed by atoms with van der Waals surface area (Å²) in [5, 5.41) is 2.44. The molecule has 2 aliphatic carbocycles. The minimum Gasteiger partial charge on any atom is -0.310 e. The van der Waals surface area contributed by atoms with E-state index in [1.807, 2.05) is 0 Å². The van der Waals surface area contributed by atoms with Crippen LogP contribution < -0.4 is 4.90 Å². The first-order valence-corrected chi connectivity index (χ1v) is 19.9. The Morgan fingerprint density at radius 1 is 0.421 bits per heavy atom. The Morgan fingerprint density at radius 2 is 0.947 bits per heavy atom. The van der Waals surface area contributed by atoms with E-state index in [9.17, 15) is 0 Å². The van der Waals surface area contributed by atoms with Crippen molar-refractivity contribution in [2.24, 2.45) is 0 Å². The fourth-order valence-electron chi connectivity index (χ4n) is 9.68. The summed E-state index contributed by atoms with van der Waals surface area (Å²) in [6.07, 6.45) is 3.15. The first-order valence-electron chi connectivity index (χ1n) is 19.9. The second-order valence-electron chi connectivity index (χ2n) is 15.2. The maximum atomic E-state index is 2.45. The Labute approximate surface area is 334 Å². The van der Waals surface area contributed by atoms with E-state index in [2.05, 4.69) is 229 Å². The summed E-state index contributed by atoms with van der Waals surface area (Å²) >= 11 is 0. The molecule has 11 rings (SSSR count). The molecule has 0 saturated carbocycles. The molecule has 0 aromatic heterocycles. The Hall–Kier alpha value is -7.22. The highest BCUT2D eigenvalue weighted by Crippen LogP contribution is 2.63. The molecule has 0 atom stereocenters. The highest BCUT2D eigenvalue weighted by molar-refractivity contribution is 6.01. The lowest BCUT2D eigenvalue weighted by Gasteiger charge is -2.31. The van der Waals surface area contributed by atoms with Crippen molar-refractivity contribution < 1.29 is 0 Å². The third-order valence-electron chi connectivity index (χ3n) is 12.1. The third kappa shape index (κ3) is 5.31. The zero-order valence-corrected chi connectivity index (χ0v) is 31.5. The van der Waals surface area contributed by atoms with E-state index < -0.39 is 0 Å². The predicted octanol–water partition coefficient (Wildman–Crippen LogP) is 14.4. The summed E-state index contributed by atoms with van der Waals surface area (Å²) in [6, 6.07) is 80.3. The van der Waals surface area contributed by atoms with Gasteiger partial charge in [-0.2, -0.15) is 0 Å². The molecule has 0 fully saturated rings. The maximum Gasteiger partial charge on any atom is 0.0725 e. The number of hydrogen-bond donors (Lipinski definition) is 0. The van der Waals surface area contributed by atoms with Crippen LogP contribution in [0.25, 0.3) is 44.7 Å². The van der Waals surface area contributed by atoms with Crippen LogP contribution in [0.2, 0.25) is 0 Å². The van der Waals surface area contributed by atoms with Gasteiger partial charge in [0, 0.05) is 16.8 Å². The molecule has 0 aliphatic heterocycles. The molecule has 268 valence electrons. The van der Waals surface area contributed by atoms with Gasteiger partial charge in [-0.1, -0.05) is 194 Å². The molecule has 0 heterocycles. The standard InChI is InChI=1S/C56H39N/c1-3-16-39(17-4-1)36-43(41-18-5-2-6-19-41)37-40-30-32-44(33-31-40)57(55-29-15-21-42-20-7-8-22-46(42)55)45-34-35-54-50(38-45)49-25-11-14-28-53(49)56(54)51-26-12-9-23-47(51)48-24-10-13-27-52(48)56/h1-36,38H,37H2/b43-36-. The van der Waals surface area contributed by atoms with E-state index in [0.717, 1.165) is 23.5 Å². The van der Waals surface area contributed by atoms with Crippen molar-refractivity contribution in [2.45, 2.75) is 11.8 Å². The molecule has 9 aromatic carbocycles. The van der Waals surface area contributed by atoms with Crippen LogP contribution in [-0.4, -0.2) is 0 Å². The third-order valence-corrected chi connectivity index (χ3v) is 12.1. The molecule has 0 N–H and O–H groups in total. The zero-order chi connectivity index (χ0) is 37.8. The first kappa shape index (κ1) is 33.1. The molecule has 2 aliphatic rings. The van der Waals surface area contributed by atoms with E-state index in [1.165, 1.54) is 77.5 Å². The van der Waals surface area contributed by atoms with E-state index >= 15 is 0 Å². The van der Waals surface area contributed by atoms with Crippen molar-refractivity contribution in [2.75, 3.05) is 4.90 Å². The van der Waals surface area contributed by atoms with Crippen LogP contribution in [0, 0.1) is 0 Å². The average molecular weight is 726 g/mol. The van der Waals surface area contributed by atoms with Crippen LogP contribution in [-0.2, 0) is 11.8 Å². The molecule has 0 radical (unpaired) electrons. The molecule has 0 amide bonds. The predicted molar refractivity (Wildman–Crippen MR) is 239 cm³/mol. The Balaban J connectivity index is 1.06. The highest BCUT2D eigenvalue weighted by Gasteiger charge is 2.51. The molecule has 57 heavy (non-hydrogen) atoms. The molecular weight excluding hydrogens is 687 g/mol. The summed E-state index contributed by atoms with van der Waals surface area (Å²) in [4.78, 5) is 2.45. The molecule has 0 unspecified atom stereocenters. The SMILES string of the molecule is C(=C(\Cc1ccc(N(c2ccc3c(c2)-c2ccccc2C32c3ccccc3-c3ccccc32)c2cccc3ccccc23)cc1)c1ccccc1)/c1ccccc1. The molecule has 1 spiro atoms. The summed E-state index contributed by atoms with van der Waals surface area (Å²) in [6.45, 7) is 0. The number of nitrogens with zero attached hydrogens (tertiary/aromatic N) is 1. The topological polar surface area (TPSA) is 3.24 Å². The Morgan fingerprint density at radius 3 is 1.63 bits per heavy atom. The normalized spacial score (nSPS) is 13.2. The van der Waals surface area contributed by atoms with Gasteiger partial charge in [0.25, 0.3) is 0 Å². The molecule has 1 nitrogen and oxygen atoms in total. The van der Waals surface area contributed by atoms with Crippen LogP contribution >= 0.6 is 0 Å². The fraction of sp³-hybridized carbons (Fsp3) is 0.0357. The number of hydrogen-bond acceptors (Lipinski definition) is 1. The van der Waals surface area contributed by atoms with Crippen LogP contribution in [0.4, 0.5) is 17.1 Å². The van der Waals surface area contributed by atoms with Crippen molar-refractivity contribution in [3.05, 3.63) is 257 Å². The maximum absolute atomic E-state index is 2.45. The van der Waals surface area contributed by atoms with Gasteiger partial charge in [-0.15, -0.1) is 0 Å². The van der Waals surface area contributed by atoms with E-state index in [0.29, 0.717) is 0 Å². The van der Waals surface area contributed by atoms with Gasteiger partial charge in [0.05, 0.1) is 11.1 Å². The second-order valence-corrected chi connectivity index (χ2v) is 15.2. The van der Waals surface area contributed by atoms with E-state index in [1.54, 1.807) is 0 Å². The van der Waals surface area contributed by atoms with Gasteiger partial charge in [-0.3, -0.25) is 0 Å². The van der Waals surface area contributed by atoms with Crippen molar-refractivity contribution in [3.8, 4) is 22.3 Å². The lowest BCUT2D eigenvalue weighted by Crippen LogP contribution is -2.25. The van der Waals surface area contributed by atoms with Crippen molar-refractivity contribution >= 4 is 39.5 Å². The van der Waals surface area contributed by atoms with Gasteiger partial charge in [0.15, 0.2) is 0 Å². The van der Waals surface area contributed by atoms with Gasteiger partial charge in [0.2, 0.25) is 0 Å². The summed E-state index contributed by atoms with van der Waals surface area (Å²) in [5.41, 5.74) is 18.7. The van der Waals surface area contributed by atoms with Crippen molar-refractivity contribution in [3.63, 3.8) is 0 Å². The highest BCUT2D eigenvalue weighted by atomic mass is 15.1. The Bertz CT molecular complexity index is 2920. The summed E-state index contributed by atoms with van der Waals surface area (Å²) < 4.78 is 0. The number of fused-ring (bicyclic) bond motifs is 11. The molecule has 0 bridgehead atoms. The largest absolute Gasteiger partial charge is 0.310 e. The molecule has 0 saturated heterocycles. The van der Waals surface area contributed by atoms with Crippen LogP contribution in [0.3, 0.4) is 0 Å². The number of anilines is 3. The smallest absolute Gasteiger partial charge is 0.0725 e. The van der Waals surface area contributed by atoms with E-state index in [4.69, 9.17) is 0 Å². The summed E-state index contributed by atoms with van der Waals surface area (Å²) in [5.74, 6) is 0. The van der Waals surface area contributed by atoms with Gasteiger partial charge >= 0.3 is 0 Å². The summed E-state index contributed by atoms with van der Waals surface area (Å²) in [7, 11) is 0. The van der Waals surface area contributed by atoms with Gasteiger partial charge in [-0.05, 0) is 109 Å². The molecule has 9 aromatic rings. The van der Waals surface area contributed by atoms with Crippen LogP contribution in [0.5, 0.6) is 0 Å². The minimum atomic E-state index is -0.368. The molecule has 1 heteroatoms. The lowest BCUT2D eigenvalue weighted by molar-refractivity contribution is 0.794. The van der Waals surface area contributed by atoms with Crippen molar-refractivity contribution in [1.82, 2.24) is 0 Å². The van der Waals surface area contributed by atoms with Crippen LogP contribution in [0.1, 0.15) is 38.9 Å². The average Bonchev–Trinajstić information content (AvgIpc) is 3.75. The monoisotopic (exact) mass is 725 g/mol. The zero-order valence-electron chi connectivity index (χ0n) is 31.5. The number of benzene rings is 9. The minimum absolute atomic E-state index is 0.368. The first-order chi connectivity index (χ1) is 28.3. The quantitative estimate of drug-likeness (QED) is 0.148. The fourth-order valence-corrected chi connectivity index (χ4v) is 9.68. The van der Waals surface area contributed by atoms with Gasteiger partial charge in [-0.25, -0.2) is 0 Å². The van der Waals surface area contributed by atoms with Crippen LogP contribution in [0.15, 0.2) is 218 Å².